The highest BCUT2D eigenvalue weighted by atomic mass is 19.1. The van der Waals surface area contributed by atoms with Crippen LogP contribution < -0.4 is 0 Å². The highest BCUT2D eigenvalue weighted by Crippen LogP contribution is 2.33. The summed E-state index contributed by atoms with van der Waals surface area (Å²) in [5.74, 6) is -1.44. The van der Waals surface area contributed by atoms with Crippen molar-refractivity contribution in [2.75, 3.05) is 0 Å². The summed E-state index contributed by atoms with van der Waals surface area (Å²) in [6.45, 7) is 0. The normalized spacial score (nSPS) is 13.9. The van der Waals surface area contributed by atoms with Gasteiger partial charge in [-0.1, -0.05) is 36.4 Å². The van der Waals surface area contributed by atoms with E-state index in [4.69, 9.17) is 5.11 Å². The van der Waals surface area contributed by atoms with Crippen molar-refractivity contribution >= 4 is 22.9 Å². The standard InChI is InChI=1S/C21H20FNO4/c22-14-7-5-13(6-8-14)21-17-3-1-2-4-18(17)23-19(21)10-9-15(24)11-16(25)12-20(26)27/h1-10,15-16,23-25H,11-12H2,(H,26,27)/b10-9+. The Labute approximate surface area is 155 Å². The van der Waals surface area contributed by atoms with Crippen LogP contribution >= 0.6 is 0 Å². The summed E-state index contributed by atoms with van der Waals surface area (Å²) in [5, 5.41) is 29.3. The first-order chi connectivity index (χ1) is 12.9. The fraction of sp³-hybridized carbons (Fsp3) is 0.190. The molecule has 5 nitrogen and oxygen atoms in total. The Hall–Kier alpha value is -2.96. The van der Waals surface area contributed by atoms with Gasteiger partial charge in [0.15, 0.2) is 0 Å². The molecule has 0 saturated heterocycles. The largest absolute Gasteiger partial charge is 0.481 e. The fourth-order valence-corrected chi connectivity index (χ4v) is 3.06. The topological polar surface area (TPSA) is 93.6 Å². The van der Waals surface area contributed by atoms with Crippen molar-refractivity contribution in [3.63, 3.8) is 0 Å². The van der Waals surface area contributed by atoms with Gasteiger partial charge in [0.25, 0.3) is 0 Å². The quantitative estimate of drug-likeness (QED) is 0.512. The van der Waals surface area contributed by atoms with E-state index in [1.165, 1.54) is 18.2 Å². The zero-order chi connectivity index (χ0) is 19.4. The molecule has 0 fully saturated rings. The van der Waals surface area contributed by atoms with Gasteiger partial charge in [-0.3, -0.25) is 4.79 Å². The third-order valence-corrected chi connectivity index (χ3v) is 4.28. The lowest BCUT2D eigenvalue weighted by Gasteiger charge is -2.10. The van der Waals surface area contributed by atoms with Crippen molar-refractivity contribution < 1.29 is 24.5 Å². The summed E-state index contributed by atoms with van der Waals surface area (Å²) in [6.07, 6.45) is 0.584. The van der Waals surface area contributed by atoms with E-state index in [9.17, 15) is 19.4 Å². The molecule has 0 radical (unpaired) electrons. The minimum absolute atomic E-state index is 0.0745. The van der Waals surface area contributed by atoms with E-state index in [1.54, 1.807) is 18.2 Å². The lowest BCUT2D eigenvalue weighted by Crippen LogP contribution is -2.19. The maximum atomic E-state index is 13.3. The summed E-state index contributed by atoms with van der Waals surface area (Å²) in [7, 11) is 0. The first kappa shape index (κ1) is 18.8. The molecule has 0 aliphatic heterocycles. The number of aliphatic hydroxyl groups excluding tert-OH is 2. The second kappa shape index (κ2) is 8.16. The van der Waals surface area contributed by atoms with Gasteiger partial charge in [-0.15, -0.1) is 0 Å². The molecule has 0 saturated carbocycles. The molecule has 3 aromatic rings. The highest BCUT2D eigenvalue weighted by Gasteiger charge is 2.15. The van der Waals surface area contributed by atoms with Crippen molar-refractivity contribution in [3.05, 3.63) is 66.1 Å². The van der Waals surface area contributed by atoms with Crippen LogP contribution in [0, 0.1) is 5.82 Å². The number of hydrogen-bond donors (Lipinski definition) is 4. The summed E-state index contributed by atoms with van der Waals surface area (Å²) in [4.78, 5) is 13.9. The Balaban J connectivity index is 1.91. The van der Waals surface area contributed by atoms with Crippen LogP contribution in [-0.2, 0) is 4.79 Å². The monoisotopic (exact) mass is 369 g/mol. The molecule has 0 aliphatic rings. The van der Waals surface area contributed by atoms with Gasteiger partial charge in [0.05, 0.1) is 18.6 Å². The summed E-state index contributed by atoms with van der Waals surface area (Å²) in [6, 6.07) is 13.8. The molecule has 2 aromatic carbocycles. The number of halogens is 1. The molecule has 1 aromatic heterocycles. The van der Waals surface area contributed by atoms with E-state index in [0.29, 0.717) is 0 Å². The maximum Gasteiger partial charge on any atom is 0.305 e. The van der Waals surface area contributed by atoms with E-state index in [0.717, 1.165) is 27.7 Å². The van der Waals surface area contributed by atoms with Gasteiger partial charge in [-0.2, -0.15) is 0 Å². The number of aliphatic hydroxyl groups is 2. The van der Waals surface area contributed by atoms with Crippen LogP contribution in [0.4, 0.5) is 4.39 Å². The van der Waals surface area contributed by atoms with Crippen molar-refractivity contribution in [1.29, 1.82) is 0 Å². The lowest BCUT2D eigenvalue weighted by molar-refractivity contribution is -0.139. The van der Waals surface area contributed by atoms with E-state index in [1.807, 2.05) is 24.3 Å². The Morgan fingerprint density at radius 1 is 1.11 bits per heavy atom. The average Bonchev–Trinajstić information content (AvgIpc) is 2.98. The minimum atomic E-state index is -1.12. The number of aromatic amines is 1. The smallest absolute Gasteiger partial charge is 0.305 e. The van der Waals surface area contributed by atoms with Crippen LogP contribution in [0.2, 0.25) is 0 Å². The fourth-order valence-electron chi connectivity index (χ4n) is 3.06. The van der Waals surface area contributed by atoms with Gasteiger partial charge in [-0.05, 0) is 29.8 Å². The van der Waals surface area contributed by atoms with Gasteiger partial charge in [0.1, 0.15) is 5.82 Å². The van der Waals surface area contributed by atoms with Gasteiger partial charge >= 0.3 is 5.97 Å². The predicted octanol–water partition coefficient (Wildman–Crippen LogP) is 3.57. The second-order valence-electron chi connectivity index (χ2n) is 6.38. The number of carboxylic acids is 1. The van der Waals surface area contributed by atoms with Crippen molar-refractivity contribution in [2.45, 2.75) is 25.0 Å². The van der Waals surface area contributed by atoms with Crippen LogP contribution in [0.3, 0.4) is 0 Å². The SMILES string of the molecule is O=C(O)CC(O)CC(O)/C=C/c1[nH]c2ccccc2c1-c1ccc(F)cc1. The van der Waals surface area contributed by atoms with Crippen LogP contribution in [0.25, 0.3) is 28.1 Å². The Kier molecular flexibility index (Phi) is 5.69. The highest BCUT2D eigenvalue weighted by molar-refractivity contribution is 6.00. The number of H-pyrrole nitrogens is 1. The molecule has 6 heteroatoms. The third kappa shape index (κ3) is 4.61. The maximum absolute atomic E-state index is 13.3. The molecule has 0 bridgehead atoms. The second-order valence-corrected chi connectivity index (χ2v) is 6.38. The minimum Gasteiger partial charge on any atom is -0.481 e. The van der Waals surface area contributed by atoms with Crippen molar-refractivity contribution in [3.8, 4) is 11.1 Å². The Morgan fingerprint density at radius 3 is 2.52 bits per heavy atom. The number of para-hydroxylation sites is 1. The molecule has 3 rings (SSSR count). The first-order valence-corrected chi connectivity index (χ1v) is 8.57. The predicted molar refractivity (Wildman–Crippen MR) is 102 cm³/mol. The van der Waals surface area contributed by atoms with Crippen LogP contribution in [-0.4, -0.2) is 38.5 Å². The van der Waals surface area contributed by atoms with E-state index >= 15 is 0 Å². The molecule has 4 N–H and O–H groups in total. The van der Waals surface area contributed by atoms with Gasteiger partial charge in [0, 0.05) is 28.6 Å². The molecule has 2 atom stereocenters. The number of aliphatic carboxylic acids is 1. The van der Waals surface area contributed by atoms with E-state index < -0.39 is 24.6 Å². The summed E-state index contributed by atoms with van der Waals surface area (Å²) >= 11 is 0. The molecular formula is C21H20FNO4. The van der Waals surface area contributed by atoms with Gasteiger partial charge < -0.3 is 20.3 Å². The number of carbonyl (C=O) groups is 1. The third-order valence-electron chi connectivity index (χ3n) is 4.28. The first-order valence-electron chi connectivity index (χ1n) is 8.57. The number of nitrogens with one attached hydrogen (secondary N) is 1. The molecule has 0 spiro atoms. The van der Waals surface area contributed by atoms with Crippen LogP contribution in [0.5, 0.6) is 0 Å². The van der Waals surface area contributed by atoms with Crippen LogP contribution in [0.15, 0.2) is 54.6 Å². The van der Waals surface area contributed by atoms with E-state index in [2.05, 4.69) is 4.98 Å². The summed E-state index contributed by atoms with van der Waals surface area (Å²) in [5.41, 5.74) is 3.33. The van der Waals surface area contributed by atoms with Gasteiger partial charge in [0.2, 0.25) is 0 Å². The average molecular weight is 369 g/mol. The number of carboxylic acid groups (broad SMARTS) is 1. The number of rotatable bonds is 7. The zero-order valence-electron chi connectivity index (χ0n) is 14.5. The Morgan fingerprint density at radius 2 is 1.81 bits per heavy atom. The van der Waals surface area contributed by atoms with Crippen LogP contribution in [0.1, 0.15) is 18.5 Å². The number of fused-ring (bicyclic) bond motifs is 1. The molecule has 1 heterocycles. The Bertz CT molecular complexity index is 962. The number of hydrogen-bond acceptors (Lipinski definition) is 3. The van der Waals surface area contributed by atoms with Crippen molar-refractivity contribution in [2.24, 2.45) is 0 Å². The molecule has 0 amide bonds. The molecular weight excluding hydrogens is 349 g/mol. The molecule has 2 unspecified atom stereocenters. The van der Waals surface area contributed by atoms with Gasteiger partial charge in [-0.25, -0.2) is 4.39 Å². The molecule has 27 heavy (non-hydrogen) atoms. The zero-order valence-corrected chi connectivity index (χ0v) is 14.5. The number of benzene rings is 2. The van der Waals surface area contributed by atoms with E-state index in [-0.39, 0.29) is 12.2 Å². The molecule has 140 valence electrons. The van der Waals surface area contributed by atoms with Crippen molar-refractivity contribution in [1.82, 2.24) is 4.98 Å². The number of aromatic nitrogens is 1. The lowest BCUT2D eigenvalue weighted by atomic mass is 10.0. The molecule has 0 aliphatic carbocycles. The summed E-state index contributed by atoms with van der Waals surface area (Å²) < 4.78 is 13.3.